The molecule has 0 heterocycles. The van der Waals surface area contributed by atoms with Crippen LogP contribution in [-0.2, 0) is 9.53 Å². The van der Waals surface area contributed by atoms with Crippen molar-refractivity contribution in [2.24, 2.45) is 5.92 Å². The summed E-state index contributed by atoms with van der Waals surface area (Å²) in [6.07, 6.45) is 0.957. The first kappa shape index (κ1) is 15.4. The predicted octanol–water partition coefficient (Wildman–Crippen LogP) is 1.16. The van der Waals surface area contributed by atoms with Crippen molar-refractivity contribution in [2.45, 2.75) is 46.2 Å². The van der Waals surface area contributed by atoms with E-state index in [0.29, 0.717) is 12.5 Å². The molecule has 0 aromatic rings. The number of methoxy groups -OCH3 is 1. The first-order chi connectivity index (χ1) is 7.51. The molecular weight excluding hydrogens is 204 g/mol. The third-order valence-electron chi connectivity index (χ3n) is 2.62. The Bertz CT molecular complexity index is 197. The highest BCUT2D eigenvalue weighted by Gasteiger charge is 2.14. The van der Waals surface area contributed by atoms with Gasteiger partial charge in [-0.25, -0.2) is 0 Å². The number of hydrogen-bond acceptors (Lipinski definition) is 3. The summed E-state index contributed by atoms with van der Waals surface area (Å²) in [5, 5.41) is 6.16. The summed E-state index contributed by atoms with van der Waals surface area (Å²) in [7, 11) is 1.69. The molecule has 16 heavy (non-hydrogen) atoms. The van der Waals surface area contributed by atoms with Crippen LogP contribution >= 0.6 is 0 Å². The van der Waals surface area contributed by atoms with E-state index in [-0.39, 0.29) is 18.0 Å². The van der Waals surface area contributed by atoms with Gasteiger partial charge >= 0.3 is 0 Å². The molecule has 0 rings (SSSR count). The van der Waals surface area contributed by atoms with Gasteiger partial charge in [-0.05, 0) is 26.2 Å². The van der Waals surface area contributed by atoms with Crippen LogP contribution in [0.5, 0.6) is 0 Å². The second-order valence-corrected chi connectivity index (χ2v) is 4.51. The van der Waals surface area contributed by atoms with Gasteiger partial charge in [0, 0.05) is 26.3 Å². The number of hydrogen-bond donors (Lipinski definition) is 2. The van der Waals surface area contributed by atoms with Gasteiger partial charge in [-0.2, -0.15) is 0 Å². The molecule has 3 atom stereocenters. The van der Waals surface area contributed by atoms with E-state index in [9.17, 15) is 4.79 Å². The van der Waals surface area contributed by atoms with Crippen LogP contribution in [0.1, 0.15) is 34.1 Å². The van der Waals surface area contributed by atoms with E-state index in [1.165, 1.54) is 0 Å². The molecule has 0 aromatic carbocycles. The van der Waals surface area contributed by atoms with Gasteiger partial charge < -0.3 is 15.4 Å². The van der Waals surface area contributed by atoms with Gasteiger partial charge in [0.25, 0.3) is 0 Å². The number of nitrogens with one attached hydrogen (secondary N) is 2. The Morgan fingerprint density at radius 3 is 2.44 bits per heavy atom. The van der Waals surface area contributed by atoms with Gasteiger partial charge in [-0.1, -0.05) is 13.8 Å². The number of amides is 1. The lowest BCUT2D eigenvalue weighted by atomic mass is 10.2. The Kier molecular flexibility index (Phi) is 8.21. The topological polar surface area (TPSA) is 50.4 Å². The van der Waals surface area contributed by atoms with Crippen LogP contribution in [-0.4, -0.2) is 38.3 Å². The monoisotopic (exact) mass is 230 g/mol. The van der Waals surface area contributed by atoms with Gasteiger partial charge in [0.15, 0.2) is 0 Å². The van der Waals surface area contributed by atoms with E-state index >= 15 is 0 Å². The molecule has 4 heteroatoms. The highest BCUT2D eigenvalue weighted by Crippen LogP contribution is 1.95. The number of carbonyl (C=O) groups excluding carboxylic acids is 1. The fraction of sp³-hybridized carbons (Fsp3) is 0.917. The van der Waals surface area contributed by atoms with E-state index in [4.69, 9.17) is 4.74 Å². The van der Waals surface area contributed by atoms with Crippen molar-refractivity contribution in [3.8, 4) is 0 Å². The quantitative estimate of drug-likeness (QED) is 0.658. The van der Waals surface area contributed by atoms with Gasteiger partial charge in [0.2, 0.25) is 5.91 Å². The van der Waals surface area contributed by atoms with Crippen molar-refractivity contribution in [1.82, 2.24) is 10.6 Å². The van der Waals surface area contributed by atoms with Crippen molar-refractivity contribution < 1.29 is 9.53 Å². The molecule has 2 N–H and O–H groups in total. The maximum absolute atomic E-state index is 11.7. The van der Waals surface area contributed by atoms with Crippen LogP contribution in [0.4, 0.5) is 0 Å². The SMILES string of the molecule is CCC(C)NC(=O)C(C)NCC(C)COC. The van der Waals surface area contributed by atoms with Crippen molar-refractivity contribution >= 4 is 5.91 Å². The van der Waals surface area contributed by atoms with Gasteiger partial charge in [-0.15, -0.1) is 0 Å². The molecule has 0 saturated carbocycles. The molecule has 0 fully saturated rings. The molecule has 0 aliphatic rings. The van der Waals surface area contributed by atoms with Crippen LogP contribution in [0.2, 0.25) is 0 Å². The number of rotatable bonds is 8. The summed E-state index contributed by atoms with van der Waals surface area (Å²) in [4.78, 5) is 11.7. The van der Waals surface area contributed by atoms with E-state index in [0.717, 1.165) is 13.0 Å². The maximum atomic E-state index is 11.7. The normalized spacial score (nSPS) is 16.6. The summed E-state index contributed by atoms with van der Waals surface area (Å²) in [6, 6.07) is 0.0986. The average molecular weight is 230 g/mol. The largest absolute Gasteiger partial charge is 0.384 e. The number of ether oxygens (including phenoxy) is 1. The second-order valence-electron chi connectivity index (χ2n) is 4.51. The third kappa shape index (κ3) is 6.80. The molecule has 0 saturated heterocycles. The Balaban J connectivity index is 3.78. The van der Waals surface area contributed by atoms with Crippen LogP contribution in [0.25, 0.3) is 0 Å². The van der Waals surface area contributed by atoms with Crippen molar-refractivity contribution in [3.63, 3.8) is 0 Å². The zero-order valence-corrected chi connectivity index (χ0v) is 11.2. The molecule has 0 aliphatic heterocycles. The Morgan fingerprint density at radius 2 is 1.94 bits per heavy atom. The molecule has 0 bridgehead atoms. The van der Waals surface area contributed by atoms with Crippen LogP contribution in [0.3, 0.4) is 0 Å². The van der Waals surface area contributed by atoms with E-state index in [1.807, 2.05) is 13.8 Å². The first-order valence-electron chi connectivity index (χ1n) is 6.03. The van der Waals surface area contributed by atoms with Crippen molar-refractivity contribution in [2.75, 3.05) is 20.3 Å². The summed E-state index contributed by atoms with van der Waals surface area (Å²) in [6.45, 7) is 9.56. The molecule has 4 nitrogen and oxygen atoms in total. The smallest absolute Gasteiger partial charge is 0.237 e. The molecule has 96 valence electrons. The van der Waals surface area contributed by atoms with Crippen molar-refractivity contribution in [3.05, 3.63) is 0 Å². The zero-order valence-electron chi connectivity index (χ0n) is 11.2. The molecule has 3 unspecified atom stereocenters. The summed E-state index contributed by atoms with van der Waals surface area (Å²) < 4.78 is 5.04. The van der Waals surface area contributed by atoms with E-state index in [2.05, 4.69) is 24.5 Å². The lowest BCUT2D eigenvalue weighted by Crippen LogP contribution is -2.46. The van der Waals surface area contributed by atoms with E-state index < -0.39 is 0 Å². The van der Waals surface area contributed by atoms with Crippen LogP contribution < -0.4 is 10.6 Å². The molecule has 0 aromatic heterocycles. The summed E-state index contributed by atoms with van der Waals surface area (Å²) in [5.74, 6) is 0.489. The highest BCUT2D eigenvalue weighted by atomic mass is 16.5. The van der Waals surface area contributed by atoms with Crippen LogP contribution in [0.15, 0.2) is 0 Å². The highest BCUT2D eigenvalue weighted by molar-refractivity contribution is 5.81. The molecule has 0 radical (unpaired) electrons. The maximum Gasteiger partial charge on any atom is 0.237 e. The minimum absolute atomic E-state index is 0.0685. The van der Waals surface area contributed by atoms with Gasteiger partial charge in [0.1, 0.15) is 0 Å². The Morgan fingerprint density at radius 1 is 1.31 bits per heavy atom. The minimum Gasteiger partial charge on any atom is -0.384 e. The number of carbonyl (C=O) groups is 1. The standard InChI is InChI=1S/C12H26N2O2/c1-6-10(3)14-12(15)11(4)13-7-9(2)8-16-5/h9-11,13H,6-8H2,1-5H3,(H,14,15). The fourth-order valence-electron chi connectivity index (χ4n) is 1.28. The molecule has 0 aliphatic carbocycles. The Labute approximate surface area is 99.1 Å². The molecule has 0 spiro atoms. The van der Waals surface area contributed by atoms with E-state index in [1.54, 1.807) is 7.11 Å². The lowest BCUT2D eigenvalue weighted by Gasteiger charge is -2.19. The van der Waals surface area contributed by atoms with Crippen molar-refractivity contribution in [1.29, 1.82) is 0 Å². The third-order valence-corrected chi connectivity index (χ3v) is 2.62. The lowest BCUT2D eigenvalue weighted by molar-refractivity contribution is -0.123. The molecular formula is C12H26N2O2. The van der Waals surface area contributed by atoms with Crippen LogP contribution in [0, 0.1) is 5.92 Å². The summed E-state index contributed by atoms with van der Waals surface area (Å²) >= 11 is 0. The fourth-order valence-corrected chi connectivity index (χ4v) is 1.28. The Hall–Kier alpha value is -0.610. The predicted molar refractivity (Wildman–Crippen MR) is 66.4 cm³/mol. The van der Waals surface area contributed by atoms with Gasteiger partial charge in [0.05, 0.1) is 6.04 Å². The first-order valence-corrected chi connectivity index (χ1v) is 6.03. The zero-order chi connectivity index (χ0) is 12.6. The average Bonchev–Trinajstić information content (AvgIpc) is 2.25. The molecule has 1 amide bonds. The van der Waals surface area contributed by atoms with Gasteiger partial charge in [-0.3, -0.25) is 4.79 Å². The summed E-state index contributed by atoms with van der Waals surface area (Å²) in [5.41, 5.74) is 0. The second kappa shape index (κ2) is 8.53. The minimum atomic E-state index is -0.145.